The van der Waals surface area contributed by atoms with E-state index in [-0.39, 0.29) is 49.1 Å². The molecule has 0 aliphatic rings. The van der Waals surface area contributed by atoms with Crippen LogP contribution in [-0.2, 0) is 16.0 Å². The molecule has 0 aliphatic carbocycles. The Kier molecular flexibility index (Phi) is 18.1. The van der Waals surface area contributed by atoms with Crippen LogP contribution in [0, 0.1) is 0 Å². The van der Waals surface area contributed by atoms with Crippen LogP contribution in [0.5, 0.6) is 5.75 Å². The molecule has 0 aromatic heterocycles. The van der Waals surface area contributed by atoms with E-state index in [1.165, 1.54) is 69.9 Å². The van der Waals surface area contributed by atoms with Crippen LogP contribution in [0.1, 0.15) is 97.4 Å². The van der Waals surface area contributed by atoms with Gasteiger partial charge in [0.1, 0.15) is 11.8 Å². The fraction of sp³-hybridized carbons (Fsp3) is 0.667. The molecule has 0 heterocycles. The number of carboxylic acid groups (broad SMARTS) is 1. The number of phenolic OH excluding ortho intramolecular Hbond substituents is 1. The molecule has 0 saturated heterocycles. The minimum atomic E-state index is -1.04. The minimum absolute atomic E-state index is 0. The Balaban J connectivity index is 0. The monoisotopic (exact) mass is 429 g/mol. The Bertz CT molecular complexity index is 583. The van der Waals surface area contributed by atoms with Crippen LogP contribution in [0.4, 0.5) is 0 Å². The number of benzene rings is 1. The molecule has 0 aliphatic heterocycles. The normalized spacial score (nSPS) is 11.5. The Morgan fingerprint density at radius 1 is 0.867 bits per heavy atom. The Labute approximate surface area is 205 Å². The van der Waals surface area contributed by atoms with E-state index in [0.717, 1.165) is 24.8 Å². The summed E-state index contributed by atoms with van der Waals surface area (Å²) < 4.78 is 0. The molecule has 6 heteroatoms. The van der Waals surface area contributed by atoms with Crippen LogP contribution >= 0.6 is 0 Å². The van der Waals surface area contributed by atoms with Crippen LogP contribution in [0.15, 0.2) is 24.3 Å². The molecule has 0 fully saturated rings. The summed E-state index contributed by atoms with van der Waals surface area (Å²) in [5.41, 5.74) is 0.765. The van der Waals surface area contributed by atoms with Crippen molar-refractivity contribution in [3.63, 3.8) is 0 Å². The van der Waals surface area contributed by atoms with E-state index < -0.39 is 12.0 Å². The van der Waals surface area contributed by atoms with Crippen LogP contribution in [0.25, 0.3) is 0 Å². The Morgan fingerprint density at radius 3 is 1.80 bits per heavy atom. The van der Waals surface area contributed by atoms with Gasteiger partial charge in [-0.05, 0) is 24.1 Å². The second-order valence-electron chi connectivity index (χ2n) is 7.97. The average Bonchev–Trinajstić information content (AvgIpc) is 2.70. The summed E-state index contributed by atoms with van der Waals surface area (Å²) >= 11 is 0. The predicted molar refractivity (Wildman–Crippen MR) is 118 cm³/mol. The quantitative estimate of drug-likeness (QED) is 0.263. The molecule has 0 bridgehead atoms. The van der Waals surface area contributed by atoms with E-state index in [1.807, 2.05) is 0 Å². The van der Waals surface area contributed by atoms with Crippen molar-refractivity contribution in [3.8, 4) is 5.75 Å². The molecule has 1 atom stereocenters. The SMILES string of the molecule is CCCCCCCCCCCCCCC(=O)N[C@@H](Cc1ccc(O)cc1)C(=O)O.[H-].[Na+]. The number of hydrogen-bond donors (Lipinski definition) is 3. The zero-order valence-electron chi connectivity index (χ0n) is 20.0. The van der Waals surface area contributed by atoms with Gasteiger partial charge in [-0.2, -0.15) is 0 Å². The average molecular weight is 430 g/mol. The molecule has 3 N–H and O–H groups in total. The maximum atomic E-state index is 12.1. The van der Waals surface area contributed by atoms with Crippen LogP contribution in [-0.4, -0.2) is 28.1 Å². The standard InChI is InChI=1S/C24H39NO4.Na.H/c1-2-3-4-5-6-7-8-9-10-11-12-13-14-23(27)25-22(24(28)29)19-20-15-17-21(26)18-16-20;;/h15-18,22,26H,2-14,19H2,1H3,(H,25,27)(H,28,29);;/q;+1;-1/t22-;;/m0../s1. The van der Waals surface area contributed by atoms with Crippen molar-refractivity contribution in [2.75, 3.05) is 0 Å². The van der Waals surface area contributed by atoms with Gasteiger partial charge in [-0.15, -0.1) is 0 Å². The van der Waals surface area contributed by atoms with E-state index in [9.17, 15) is 19.8 Å². The fourth-order valence-electron chi connectivity index (χ4n) is 3.46. The Hall–Kier alpha value is -1.04. The van der Waals surface area contributed by atoms with E-state index in [1.54, 1.807) is 12.1 Å². The number of hydrogen-bond acceptors (Lipinski definition) is 3. The van der Waals surface area contributed by atoms with E-state index in [0.29, 0.717) is 6.42 Å². The third-order valence-corrected chi connectivity index (χ3v) is 5.27. The molecule has 30 heavy (non-hydrogen) atoms. The number of amides is 1. The molecule has 1 amide bonds. The van der Waals surface area contributed by atoms with Gasteiger partial charge in [0.15, 0.2) is 0 Å². The van der Waals surface area contributed by atoms with Gasteiger partial charge in [-0.3, -0.25) is 4.79 Å². The van der Waals surface area contributed by atoms with Gasteiger partial charge in [-0.25, -0.2) is 4.79 Å². The maximum Gasteiger partial charge on any atom is 1.00 e. The molecule has 166 valence electrons. The number of aliphatic carboxylic acids is 1. The smallest absolute Gasteiger partial charge is 1.00 e. The molecule has 0 spiro atoms. The summed E-state index contributed by atoms with van der Waals surface area (Å²) in [4.78, 5) is 23.5. The van der Waals surface area contributed by atoms with E-state index in [2.05, 4.69) is 12.2 Å². The number of carbonyl (C=O) groups is 2. The van der Waals surface area contributed by atoms with Gasteiger partial charge >= 0.3 is 35.5 Å². The zero-order valence-corrected chi connectivity index (χ0v) is 21.0. The van der Waals surface area contributed by atoms with Crippen molar-refractivity contribution in [2.24, 2.45) is 0 Å². The van der Waals surface area contributed by atoms with Crippen molar-refractivity contribution >= 4 is 11.9 Å². The molecule has 1 rings (SSSR count). The van der Waals surface area contributed by atoms with Gasteiger partial charge < -0.3 is 17.0 Å². The third-order valence-electron chi connectivity index (χ3n) is 5.27. The van der Waals surface area contributed by atoms with Gasteiger partial charge in [0.2, 0.25) is 5.91 Å². The second kappa shape index (κ2) is 18.7. The zero-order chi connectivity index (χ0) is 21.3. The number of carbonyl (C=O) groups excluding carboxylic acids is 1. The number of rotatable bonds is 17. The van der Waals surface area contributed by atoms with Crippen LogP contribution in [0.2, 0.25) is 0 Å². The van der Waals surface area contributed by atoms with Crippen molar-refractivity contribution in [3.05, 3.63) is 29.8 Å². The second-order valence-corrected chi connectivity index (χ2v) is 7.97. The molecule has 0 unspecified atom stereocenters. The van der Waals surface area contributed by atoms with E-state index in [4.69, 9.17) is 0 Å². The summed E-state index contributed by atoms with van der Waals surface area (Å²) in [5, 5.41) is 21.3. The number of unbranched alkanes of at least 4 members (excludes halogenated alkanes) is 11. The molecule has 0 saturated carbocycles. The molecule has 0 radical (unpaired) electrons. The van der Waals surface area contributed by atoms with Crippen molar-refractivity contribution in [1.82, 2.24) is 5.32 Å². The van der Waals surface area contributed by atoms with Crippen molar-refractivity contribution in [1.29, 1.82) is 0 Å². The van der Waals surface area contributed by atoms with Gasteiger partial charge in [-0.1, -0.05) is 89.7 Å². The van der Waals surface area contributed by atoms with Gasteiger partial charge in [0.25, 0.3) is 0 Å². The minimum Gasteiger partial charge on any atom is -1.00 e. The number of aromatic hydroxyl groups is 1. The van der Waals surface area contributed by atoms with Gasteiger partial charge in [0.05, 0.1) is 0 Å². The first-order valence-corrected chi connectivity index (χ1v) is 11.3. The first-order valence-electron chi connectivity index (χ1n) is 11.3. The molecule has 1 aromatic rings. The summed E-state index contributed by atoms with van der Waals surface area (Å²) in [7, 11) is 0. The predicted octanol–water partition coefficient (Wildman–Crippen LogP) is 2.71. The summed E-state index contributed by atoms with van der Waals surface area (Å²) in [6, 6.07) is 5.43. The van der Waals surface area contributed by atoms with Crippen LogP contribution in [0.3, 0.4) is 0 Å². The Morgan fingerprint density at radius 2 is 1.33 bits per heavy atom. The van der Waals surface area contributed by atoms with E-state index >= 15 is 0 Å². The molecule has 5 nitrogen and oxygen atoms in total. The topological polar surface area (TPSA) is 86.6 Å². The van der Waals surface area contributed by atoms with Gasteiger partial charge in [0, 0.05) is 12.8 Å². The van der Waals surface area contributed by atoms with Crippen molar-refractivity contribution < 1.29 is 50.8 Å². The molecular weight excluding hydrogens is 389 g/mol. The first kappa shape index (κ1) is 29.0. The number of phenols is 1. The van der Waals surface area contributed by atoms with Crippen LogP contribution < -0.4 is 34.9 Å². The number of carboxylic acids is 1. The summed E-state index contributed by atoms with van der Waals surface area (Å²) in [5.74, 6) is -1.11. The maximum absolute atomic E-state index is 12.1. The molecule has 1 aromatic carbocycles. The summed E-state index contributed by atoms with van der Waals surface area (Å²) in [6.45, 7) is 2.24. The number of nitrogens with one attached hydrogen (secondary N) is 1. The third kappa shape index (κ3) is 14.9. The largest absolute Gasteiger partial charge is 1.00 e. The fourth-order valence-corrected chi connectivity index (χ4v) is 3.46. The molecular formula is C24H40NNaO4. The summed E-state index contributed by atoms with van der Waals surface area (Å²) in [6.07, 6.45) is 15.4. The first-order chi connectivity index (χ1) is 14.0. The van der Waals surface area contributed by atoms with Crippen molar-refractivity contribution in [2.45, 2.75) is 103 Å².